The van der Waals surface area contributed by atoms with Crippen LogP contribution in [0.2, 0.25) is 0 Å². The van der Waals surface area contributed by atoms with E-state index in [-0.39, 0.29) is 53.8 Å². The zero-order valence-corrected chi connectivity index (χ0v) is 18.5. The maximum Gasteiger partial charge on any atom is 0.262 e. The van der Waals surface area contributed by atoms with Crippen LogP contribution in [0.25, 0.3) is 0 Å². The number of anilines is 1. The molecule has 9 heteroatoms. The highest BCUT2D eigenvalue weighted by Crippen LogP contribution is 2.32. The maximum atomic E-state index is 14.6. The minimum Gasteiger partial charge on any atom is -0.490 e. The molecule has 2 amide bonds. The van der Waals surface area contributed by atoms with E-state index < -0.39 is 17.5 Å². The summed E-state index contributed by atoms with van der Waals surface area (Å²) in [4.78, 5) is 27.7. The number of hydrogen-bond donors (Lipinski definition) is 1. The highest BCUT2D eigenvalue weighted by molar-refractivity contribution is 6.00. The number of carbonyl (C=O) groups is 2. The molecule has 7 nitrogen and oxygen atoms in total. The van der Waals surface area contributed by atoms with E-state index in [0.717, 1.165) is 11.6 Å². The van der Waals surface area contributed by atoms with Crippen molar-refractivity contribution < 1.29 is 27.8 Å². The Morgan fingerprint density at radius 2 is 2.00 bits per heavy atom. The smallest absolute Gasteiger partial charge is 0.262 e. The molecule has 1 fully saturated rings. The Bertz CT molecular complexity index is 1210. The number of nitrogens with zero attached hydrogens (tertiary/aromatic N) is 2. The summed E-state index contributed by atoms with van der Waals surface area (Å²) in [5, 5.41) is 2.57. The lowest BCUT2D eigenvalue weighted by Crippen LogP contribution is -2.52. The van der Waals surface area contributed by atoms with E-state index in [1.54, 1.807) is 6.07 Å². The third-order valence-electron chi connectivity index (χ3n) is 6.11. The standard InChI is InChI=1S/C25H23F2N3O4/c1-29-7-3-2-4-21(29)16-5-6-22(19(27)8-16)33-13-15-11-30(12-15)25(32)17-9-20-23(10-18(17)26)34-14-24(31)28-20/h2-10,15,21H,11-14H2,1H3,(H,28,31). The molecule has 3 aliphatic rings. The zero-order chi connectivity index (χ0) is 23.8. The van der Waals surface area contributed by atoms with E-state index in [9.17, 15) is 18.4 Å². The second kappa shape index (κ2) is 8.81. The SMILES string of the molecule is CN1C=CC=CC1c1ccc(OCC2CN(C(=O)c3cc4c(cc3F)OCC(=O)N4)C2)c(F)c1. The van der Waals surface area contributed by atoms with Gasteiger partial charge in [-0.25, -0.2) is 8.78 Å². The van der Waals surface area contributed by atoms with Gasteiger partial charge in [0.1, 0.15) is 11.6 Å². The number of amides is 2. The minimum atomic E-state index is -0.712. The molecule has 0 aliphatic carbocycles. The summed E-state index contributed by atoms with van der Waals surface area (Å²) in [6, 6.07) is 7.28. The second-order valence-corrected chi connectivity index (χ2v) is 8.58. The van der Waals surface area contributed by atoms with Crippen LogP contribution in [-0.2, 0) is 4.79 Å². The first-order chi connectivity index (χ1) is 16.4. The fraction of sp³-hybridized carbons (Fsp3) is 0.280. The Morgan fingerprint density at radius 1 is 1.18 bits per heavy atom. The van der Waals surface area contributed by atoms with Gasteiger partial charge < -0.3 is 24.6 Å². The molecule has 1 atom stereocenters. The fourth-order valence-corrected chi connectivity index (χ4v) is 4.23. The summed E-state index contributed by atoms with van der Waals surface area (Å²) >= 11 is 0. The molecule has 0 aromatic heterocycles. The van der Waals surface area contributed by atoms with Gasteiger partial charge in [-0.3, -0.25) is 9.59 Å². The highest BCUT2D eigenvalue weighted by Gasteiger charge is 2.34. The van der Waals surface area contributed by atoms with Crippen molar-refractivity contribution in [3.05, 3.63) is 77.5 Å². The molecule has 0 radical (unpaired) electrons. The summed E-state index contributed by atoms with van der Waals surface area (Å²) in [6.07, 6.45) is 7.76. The molecule has 176 valence electrons. The van der Waals surface area contributed by atoms with Crippen LogP contribution in [-0.4, -0.2) is 55.0 Å². The highest BCUT2D eigenvalue weighted by atomic mass is 19.1. The average Bonchev–Trinajstić information content (AvgIpc) is 2.79. The number of carbonyl (C=O) groups excluding carboxylic acids is 2. The van der Waals surface area contributed by atoms with Crippen LogP contribution in [0.5, 0.6) is 11.5 Å². The average molecular weight is 467 g/mol. The van der Waals surface area contributed by atoms with Crippen molar-refractivity contribution in [3.63, 3.8) is 0 Å². The lowest BCUT2D eigenvalue weighted by atomic mass is 9.99. The predicted octanol–water partition coefficient (Wildman–Crippen LogP) is 3.50. The summed E-state index contributed by atoms with van der Waals surface area (Å²) in [7, 11) is 1.93. The van der Waals surface area contributed by atoms with Crippen molar-refractivity contribution in [2.24, 2.45) is 5.92 Å². The number of benzene rings is 2. The molecule has 2 aromatic rings. The van der Waals surface area contributed by atoms with Gasteiger partial charge in [0, 0.05) is 32.1 Å². The molecule has 3 heterocycles. The van der Waals surface area contributed by atoms with E-state index in [1.165, 1.54) is 17.0 Å². The molecule has 1 N–H and O–H groups in total. The van der Waals surface area contributed by atoms with Crippen LogP contribution in [0.4, 0.5) is 14.5 Å². The van der Waals surface area contributed by atoms with E-state index in [1.807, 2.05) is 42.4 Å². The van der Waals surface area contributed by atoms with Crippen molar-refractivity contribution in [1.29, 1.82) is 0 Å². The van der Waals surface area contributed by atoms with Crippen LogP contribution in [0.3, 0.4) is 0 Å². The van der Waals surface area contributed by atoms with Crippen molar-refractivity contribution in [2.45, 2.75) is 6.04 Å². The molecule has 2 aromatic carbocycles. The quantitative estimate of drug-likeness (QED) is 0.729. The Labute approximate surface area is 195 Å². The summed E-state index contributed by atoms with van der Waals surface area (Å²) < 4.78 is 39.9. The molecule has 0 saturated carbocycles. The van der Waals surface area contributed by atoms with E-state index >= 15 is 0 Å². The topological polar surface area (TPSA) is 71.1 Å². The summed E-state index contributed by atoms with van der Waals surface area (Å²) in [6.45, 7) is 0.773. The second-order valence-electron chi connectivity index (χ2n) is 8.58. The number of fused-ring (bicyclic) bond motifs is 1. The number of hydrogen-bond acceptors (Lipinski definition) is 5. The van der Waals surface area contributed by atoms with E-state index in [2.05, 4.69) is 5.32 Å². The lowest BCUT2D eigenvalue weighted by Gasteiger charge is -2.39. The van der Waals surface area contributed by atoms with Gasteiger partial charge in [-0.1, -0.05) is 18.2 Å². The van der Waals surface area contributed by atoms with E-state index in [0.29, 0.717) is 13.1 Å². The third kappa shape index (κ3) is 4.21. The largest absolute Gasteiger partial charge is 0.490 e. The van der Waals surface area contributed by atoms with Crippen LogP contribution in [0.15, 0.2) is 54.8 Å². The molecule has 0 spiro atoms. The van der Waals surface area contributed by atoms with Crippen molar-refractivity contribution in [2.75, 3.05) is 38.7 Å². The van der Waals surface area contributed by atoms with Gasteiger partial charge >= 0.3 is 0 Å². The van der Waals surface area contributed by atoms with Crippen LogP contribution in [0.1, 0.15) is 22.0 Å². The minimum absolute atomic E-state index is 0.00398. The van der Waals surface area contributed by atoms with E-state index in [4.69, 9.17) is 9.47 Å². The number of rotatable bonds is 5. The third-order valence-corrected chi connectivity index (χ3v) is 6.11. The van der Waals surface area contributed by atoms with Gasteiger partial charge in [-0.15, -0.1) is 0 Å². The Hall–Kier alpha value is -3.88. The Kier molecular flexibility index (Phi) is 5.69. The van der Waals surface area contributed by atoms with Gasteiger partial charge in [0.2, 0.25) is 0 Å². The van der Waals surface area contributed by atoms with Gasteiger partial charge in [0.05, 0.1) is 23.9 Å². The Balaban J connectivity index is 1.16. The van der Waals surface area contributed by atoms with Crippen molar-refractivity contribution >= 4 is 17.5 Å². The van der Waals surface area contributed by atoms with Gasteiger partial charge in [0.15, 0.2) is 18.2 Å². The molecule has 1 unspecified atom stereocenters. The Morgan fingerprint density at radius 3 is 2.76 bits per heavy atom. The fourth-order valence-electron chi connectivity index (χ4n) is 4.23. The molecular weight excluding hydrogens is 444 g/mol. The zero-order valence-electron chi connectivity index (χ0n) is 18.5. The number of likely N-dealkylation sites (N-methyl/N-ethyl adjacent to an activating group) is 1. The van der Waals surface area contributed by atoms with Crippen LogP contribution >= 0.6 is 0 Å². The number of nitrogens with one attached hydrogen (secondary N) is 1. The number of ether oxygens (including phenoxy) is 2. The first kappa shape index (κ1) is 21.9. The van der Waals surface area contributed by atoms with Gasteiger partial charge in [-0.2, -0.15) is 0 Å². The normalized spacial score (nSPS) is 19.3. The first-order valence-electron chi connectivity index (χ1n) is 10.9. The van der Waals surface area contributed by atoms with Crippen LogP contribution in [0, 0.1) is 17.6 Å². The predicted molar refractivity (Wildman–Crippen MR) is 121 cm³/mol. The summed E-state index contributed by atoms with van der Waals surface area (Å²) in [5.41, 5.74) is 0.954. The van der Waals surface area contributed by atoms with Crippen molar-refractivity contribution in [3.8, 4) is 11.5 Å². The van der Waals surface area contributed by atoms with Crippen molar-refractivity contribution in [1.82, 2.24) is 9.80 Å². The van der Waals surface area contributed by atoms with Gasteiger partial charge in [0.25, 0.3) is 11.8 Å². The number of allylic oxidation sites excluding steroid dienone is 2. The molecule has 34 heavy (non-hydrogen) atoms. The van der Waals surface area contributed by atoms with Gasteiger partial charge in [-0.05, 0) is 36.0 Å². The first-order valence-corrected chi connectivity index (χ1v) is 10.9. The summed E-state index contributed by atoms with van der Waals surface area (Å²) in [5.74, 6) is -1.65. The number of likely N-dealkylation sites (tertiary alicyclic amines) is 1. The van der Waals surface area contributed by atoms with Crippen LogP contribution < -0.4 is 14.8 Å². The monoisotopic (exact) mass is 467 g/mol. The molecule has 5 rings (SSSR count). The molecule has 0 bridgehead atoms. The number of halogens is 2. The molecule has 3 aliphatic heterocycles. The molecular formula is C25H23F2N3O4. The lowest BCUT2D eigenvalue weighted by molar-refractivity contribution is -0.118. The molecule has 1 saturated heterocycles. The maximum absolute atomic E-state index is 14.6.